The van der Waals surface area contributed by atoms with Gasteiger partial charge in [-0.05, 0) is 25.1 Å². The van der Waals surface area contributed by atoms with Gasteiger partial charge in [0.05, 0.1) is 12.2 Å². The Balaban J connectivity index is 2.61. The minimum absolute atomic E-state index is 0.127. The Morgan fingerprint density at radius 1 is 1.40 bits per heavy atom. The first-order valence-electron chi connectivity index (χ1n) is 6.04. The first-order chi connectivity index (χ1) is 9.43. The number of methoxy groups -OCH3 is 1. The summed E-state index contributed by atoms with van der Waals surface area (Å²) in [7, 11) is 1.55. The second kappa shape index (κ2) is 7.34. The van der Waals surface area contributed by atoms with Crippen molar-refractivity contribution in [2.75, 3.05) is 26.1 Å². The van der Waals surface area contributed by atoms with Crippen LogP contribution in [0.15, 0.2) is 18.2 Å². The van der Waals surface area contributed by atoms with E-state index in [0.717, 1.165) is 0 Å². The second-order valence-electron chi connectivity index (χ2n) is 4.33. The van der Waals surface area contributed by atoms with E-state index in [1.54, 1.807) is 20.1 Å². The molecule has 0 bridgehead atoms. The zero-order valence-electron chi connectivity index (χ0n) is 11.5. The molecule has 1 aromatic rings. The summed E-state index contributed by atoms with van der Waals surface area (Å²) in [5, 5.41) is 2.68. The molecule has 2 amide bonds. The maximum Gasteiger partial charge on any atom is 0.258 e. The van der Waals surface area contributed by atoms with Crippen LogP contribution in [0.3, 0.4) is 0 Å². The van der Waals surface area contributed by atoms with Crippen molar-refractivity contribution in [3.63, 3.8) is 0 Å². The number of hydrogen-bond acceptors (Lipinski definition) is 5. The fraction of sp³-hybridized carbons (Fsp3) is 0.385. The van der Waals surface area contributed by atoms with E-state index >= 15 is 0 Å². The summed E-state index contributed by atoms with van der Waals surface area (Å²) in [4.78, 5) is 22.9. The highest BCUT2D eigenvalue weighted by atomic mass is 16.5. The maximum atomic E-state index is 11.6. The van der Waals surface area contributed by atoms with Crippen molar-refractivity contribution >= 4 is 17.5 Å². The van der Waals surface area contributed by atoms with E-state index in [2.05, 4.69) is 5.32 Å². The van der Waals surface area contributed by atoms with Gasteiger partial charge < -0.3 is 26.3 Å². The Morgan fingerprint density at radius 3 is 2.70 bits per heavy atom. The van der Waals surface area contributed by atoms with Gasteiger partial charge >= 0.3 is 0 Å². The number of nitrogens with one attached hydrogen (secondary N) is 1. The molecule has 0 aromatic heterocycles. The van der Waals surface area contributed by atoms with Crippen LogP contribution < -0.4 is 21.5 Å². The third kappa shape index (κ3) is 4.77. The molecular weight excluding hydrogens is 262 g/mol. The van der Waals surface area contributed by atoms with Crippen LogP contribution in [0, 0.1) is 0 Å². The third-order valence-corrected chi connectivity index (χ3v) is 2.45. The topological polar surface area (TPSA) is 117 Å². The third-order valence-electron chi connectivity index (χ3n) is 2.45. The molecule has 110 valence electrons. The fourth-order valence-electron chi connectivity index (χ4n) is 1.62. The van der Waals surface area contributed by atoms with Crippen LogP contribution in [0.25, 0.3) is 0 Å². The number of rotatable bonds is 7. The molecule has 1 unspecified atom stereocenters. The average Bonchev–Trinajstić information content (AvgIpc) is 2.37. The number of nitrogen functional groups attached to an aromatic ring is 1. The van der Waals surface area contributed by atoms with Crippen LogP contribution in [0.4, 0.5) is 5.69 Å². The second-order valence-corrected chi connectivity index (χ2v) is 4.33. The summed E-state index contributed by atoms with van der Waals surface area (Å²) in [6.07, 6.45) is 0. The molecule has 1 rings (SSSR count). The molecule has 0 aliphatic heterocycles. The van der Waals surface area contributed by atoms with Crippen molar-refractivity contribution in [2.45, 2.75) is 13.0 Å². The molecule has 0 heterocycles. The number of ether oxygens (including phenoxy) is 2. The van der Waals surface area contributed by atoms with E-state index in [9.17, 15) is 9.59 Å². The Morgan fingerprint density at radius 2 is 2.10 bits per heavy atom. The molecule has 0 saturated carbocycles. The first-order valence-corrected chi connectivity index (χ1v) is 6.04. The average molecular weight is 281 g/mol. The standard InChI is InChI=1S/C13H19N3O4/c1-8(6-19-2)16-12(17)7-20-11-4-3-9(14)5-10(11)13(15)18/h3-5,8H,6-7,14H2,1-2H3,(H2,15,18)(H,16,17). The van der Waals surface area contributed by atoms with Crippen LogP contribution in [0.5, 0.6) is 5.75 Å². The number of benzene rings is 1. The number of primary amides is 1. The summed E-state index contributed by atoms with van der Waals surface area (Å²) >= 11 is 0. The van der Waals surface area contributed by atoms with E-state index in [1.165, 1.54) is 12.1 Å². The molecule has 7 heteroatoms. The number of anilines is 1. The van der Waals surface area contributed by atoms with Crippen LogP contribution in [0.2, 0.25) is 0 Å². The van der Waals surface area contributed by atoms with Crippen molar-refractivity contribution in [2.24, 2.45) is 5.73 Å². The summed E-state index contributed by atoms with van der Waals surface area (Å²) in [6, 6.07) is 4.34. The van der Waals surface area contributed by atoms with Gasteiger partial charge in [-0.15, -0.1) is 0 Å². The van der Waals surface area contributed by atoms with Gasteiger partial charge in [0.2, 0.25) is 0 Å². The van der Waals surface area contributed by atoms with Gasteiger partial charge in [0.15, 0.2) is 6.61 Å². The SMILES string of the molecule is COCC(C)NC(=O)COc1ccc(N)cc1C(N)=O. The minimum Gasteiger partial charge on any atom is -0.483 e. The lowest BCUT2D eigenvalue weighted by Gasteiger charge is -2.14. The molecule has 20 heavy (non-hydrogen) atoms. The van der Waals surface area contributed by atoms with Crippen molar-refractivity contribution in [3.05, 3.63) is 23.8 Å². The molecule has 0 aliphatic carbocycles. The van der Waals surface area contributed by atoms with E-state index in [0.29, 0.717) is 12.3 Å². The molecule has 1 atom stereocenters. The number of amides is 2. The summed E-state index contributed by atoms with van der Waals surface area (Å²) < 4.78 is 10.2. The highest BCUT2D eigenvalue weighted by Gasteiger charge is 2.12. The number of carbonyl (C=O) groups is 2. The molecule has 5 N–H and O–H groups in total. The maximum absolute atomic E-state index is 11.6. The van der Waals surface area contributed by atoms with E-state index in [4.69, 9.17) is 20.9 Å². The van der Waals surface area contributed by atoms with Gasteiger partial charge in [0, 0.05) is 18.8 Å². The van der Waals surface area contributed by atoms with Crippen LogP contribution >= 0.6 is 0 Å². The van der Waals surface area contributed by atoms with Crippen molar-refractivity contribution < 1.29 is 19.1 Å². The largest absolute Gasteiger partial charge is 0.483 e. The molecule has 0 fully saturated rings. The summed E-state index contributed by atoms with van der Waals surface area (Å²) in [6.45, 7) is 1.98. The van der Waals surface area contributed by atoms with Crippen LogP contribution in [0.1, 0.15) is 17.3 Å². The van der Waals surface area contributed by atoms with E-state index < -0.39 is 5.91 Å². The summed E-state index contributed by atoms with van der Waals surface area (Å²) in [5.74, 6) is -0.761. The van der Waals surface area contributed by atoms with Crippen LogP contribution in [-0.2, 0) is 9.53 Å². The highest BCUT2D eigenvalue weighted by molar-refractivity contribution is 5.96. The van der Waals surface area contributed by atoms with Gasteiger partial charge in [-0.1, -0.05) is 0 Å². The quantitative estimate of drug-likeness (QED) is 0.603. The predicted octanol–water partition coefficient (Wildman–Crippen LogP) is -0.102. The first kappa shape index (κ1) is 15.8. The van der Waals surface area contributed by atoms with Gasteiger partial charge in [-0.3, -0.25) is 9.59 Å². The Kier molecular flexibility index (Phi) is 5.79. The zero-order chi connectivity index (χ0) is 15.1. The van der Waals surface area contributed by atoms with Gasteiger partial charge in [-0.25, -0.2) is 0 Å². The minimum atomic E-state index is -0.666. The monoisotopic (exact) mass is 281 g/mol. The van der Waals surface area contributed by atoms with E-state index in [1.807, 2.05) is 0 Å². The van der Waals surface area contributed by atoms with Gasteiger partial charge in [-0.2, -0.15) is 0 Å². The lowest BCUT2D eigenvalue weighted by Crippen LogP contribution is -2.38. The molecular formula is C13H19N3O4. The van der Waals surface area contributed by atoms with Crippen LogP contribution in [-0.4, -0.2) is 38.2 Å². The number of hydrogen-bond donors (Lipinski definition) is 3. The molecule has 7 nitrogen and oxygen atoms in total. The molecule has 0 aliphatic rings. The summed E-state index contributed by atoms with van der Waals surface area (Å²) in [5.41, 5.74) is 11.3. The highest BCUT2D eigenvalue weighted by Crippen LogP contribution is 2.20. The van der Waals surface area contributed by atoms with Gasteiger partial charge in [0.25, 0.3) is 11.8 Å². The van der Waals surface area contributed by atoms with Crippen molar-refractivity contribution in [1.29, 1.82) is 0 Å². The number of carbonyl (C=O) groups excluding carboxylic acids is 2. The molecule has 1 aromatic carbocycles. The molecule has 0 spiro atoms. The normalized spacial score (nSPS) is 11.7. The Labute approximate surface area is 117 Å². The zero-order valence-corrected chi connectivity index (χ0v) is 11.5. The Hall–Kier alpha value is -2.28. The van der Waals surface area contributed by atoms with Crippen molar-refractivity contribution in [3.8, 4) is 5.75 Å². The van der Waals surface area contributed by atoms with E-state index in [-0.39, 0.29) is 29.9 Å². The Bertz CT molecular complexity index is 491. The molecule has 0 saturated heterocycles. The number of nitrogens with two attached hydrogens (primary N) is 2. The fourth-order valence-corrected chi connectivity index (χ4v) is 1.62. The lowest BCUT2D eigenvalue weighted by atomic mass is 10.1. The molecule has 0 radical (unpaired) electrons. The lowest BCUT2D eigenvalue weighted by molar-refractivity contribution is -0.124. The smallest absolute Gasteiger partial charge is 0.258 e. The predicted molar refractivity (Wildman–Crippen MR) is 74.3 cm³/mol. The van der Waals surface area contributed by atoms with Gasteiger partial charge in [0.1, 0.15) is 5.75 Å². The van der Waals surface area contributed by atoms with Crippen molar-refractivity contribution in [1.82, 2.24) is 5.32 Å².